The van der Waals surface area contributed by atoms with E-state index in [2.05, 4.69) is 11.7 Å². The Morgan fingerprint density at radius 3 is 2.57 bits per heavy atom. The van der Waals surface area contributed by atoms with Crippen LogP contribution >= 0.6 is 0 Å². The third kappa shape index (κ3) is 4.78. The molecule has 4 heteroatoms. The van der Waals surface area contributed by atoms with Gasteiger partial charge in [0.2, 0.25) is 0 Å². The Labute approximate surface area is 178 Å². The second kappa shape index (κ2) is 9.62. The summed E-state index contributed by atoms with van der Waals surface area (Å²) in [5.74, 6) is 2.06. The smallest absolute Gasteiger partial charge is 0.387 e. The summed E-state index contributed by atoms with van der Waals surface area (Å²) in [6.07, 6.45) is 13.3. The Balaban J connectivity index is 1.42. The molecule has 2 aliphatic carbocycles. The predicted molar refractivity (Wildman–Crippen MR) is 116 cm³/mol. The van der Waals surface area contributed by atoms with Gasteiger partial charge in [0.25, 0.3) is 0 Å². The SMILES string of the molecule is CCCCCC1CCC2CC(c3ccc4c(F)c(OC(F)F)ccc4c3)CCC2C1. The Hall–Kier alpha value is -1.71. The van der Waals surface area contributed by atoms with E-state index >= 15 is 0 Å². The zero-order chi connectivity index (χ0) is 21.1. The number of hydrogen-bond donors (Lipinski definition) is 0. The van der Waals surface area contributed by atoms with Crippen LogP contribution in [-0.4, -0.2) is 6.61 Å². The van der Waals surface area contributed by atoms with E-state index in [1.807, 2.05) is 12.1 Å². The van der Waals surface area contributed by atoms with E-state index in [1.165, 1.54) is 75.8 Å². The lowest BCUT2D eigenvalue weighted by molar-refractivity contribution is -0.0520. The highest BCUT2D eigenvalue weighted by atomic mass is 19.3. The lowest BCUT2D eigenvalue weighted by atomic mass is 9.63. The number of fused-ring (bicyclic) bond motifs is 2. The molecule has 2 aromatic rings. The molecule has 0 radical (unpaired) electrons. The van der Waals surface area contributed by atoms with Crippen LogP contribution in [-0.2, 0) is 0 Å². The van der Waals surface area contributed by atoms with E-state index in [-0.39, 0.29) is 5.75 Å². The van der Waals surface area contributed by atoms with Crippen LogP contribution in [0.25, 0.3) is 10.8 Å². The second-order valence-electron chi connectivity index (χ2n) is 9.44. The van der Waals surface area contributed by atoms with Crippen LogP contribution in [0.4, 0.5) is 13.2 Å². The summed E-state index contributed by atoms with van der Waals surface area (Å²) in [5, 5.41) is 1.10. The molecular weight excluding hydrogens is 385 g/mol. The molecule has 0 aliphatic heterocycles. The fraction of sp³-hybridized carbons (Fsp3) is 0.615. The second-order valence-corrected chi connectivity index (χ2v) is 9.44. The quantitative estimate of drug-likeness (QED) is 0.410. The molecule has 4 unspecified atom stereocenters. The van der Waals surface area contributed by atoms with Crippen LogP contribution in [0.5, 0.6) is 5.75 Å². The van der Waals surface area contributed by atoms with Crippen LogP contribution in [0.15, 0.2) is 30.3 Å². The van der Waals surface area contributed by atoms with Crippen molar-refractivity contribution < 1.29 is 17.9 Å². The largest absolute Gasteiger partial charge is 0.432 e. The Bertz CT molecular complexity index is 850. The first-order valence-electron chi connectivity index (χ1n) is 11.7. The predicted octanol–water partition coefficient (Wildman–Crippen LogP) is 8.46. The van der Waals surface area contributed by atoms with Crippen LogP contribution in [0.1, 0.15) is 82.6 Å². The highest BCUT2D eigenvalue weighted by molar-refractivity contribution is 5.85. The van der Waals surface area contributed by atoms with E-state index in [1.54, 1.807) is 12.1 Å². The van der Waals surface area contributed by atoms with Gasteiger partial charge in [-0.3, -0.25) is 0 Å². The van der Waals surface area contributed by atoms with Crippen LogP contribution in [0, 0.1) is 23.6 Å². The maximum atomic E-state index is 14.5. The maximum Gasteiger partial charge on any atom is 0.387 e. The molecule has 0 saturated heterocycles. The van der Waals surface area contributed by atoms with Crippen molar-refractivity contribution in [2.45, 2.75) is 83.7 Å². The first-order chi connectivity index (χ1) is 14.5. The molecule has 30 heavy (non-hydrogen) atoms. The number of benzene rings is 2. The number of hydrogen-bond acceptors (Lipinski definition) is 1. The summed E-state index contributed by atoms with van der Waals surface area (Å²) in [4.78, 5) is 0. The summed E-state index contributed by atoms with van der Waals surface area (Å²) in [6, 6.07) is 8.76. The van der Waals surface area contributed by atoms with Crippen molar-refractivity contribution in [1.82, 2.24) is 0 Å². The minimum Gasteiger partial charge on any atom is -0.432 e. The lowest BCUT2D eigenvalue weighted by Gasteiger charge is -2.42. The Kier molecular flexibility index (Phi) is 6.90. The standard InChI is InChI=1S/C26H33F3O/c1-2-3-4-5-17-6-7-19-15-20(9-8-18(19)14-17)21-10-12-23-22(16-21)11-13-24(25(23)27)30-26(28)29/h10-13,16-20,26H,2-9,14-15H2,1H3. The highest BCUT2D eigenvalue weighted by Crippen LogP contribution is 2.48. The minimum atomic E-state index is -3.02. The number of alkyl halides is 2. The van der Waals surface area contributed by atoms with Gasteiger partial charge in [0.1, 0.15) is 0 Å². The van der Waals surface area contributed by atoms with Crippen LogP contribution in [0.3, 0.4) is 0 Å². The summed E-state index contributed by atoms with van der Waals surface area (Å²) < 4.78 is 43.7. The number of halogens is 3. The zero-order valence-corrected chi connectivity index (χ0v) is 17.9. The Morgan fingerprint density at radius 2 is 1.77 bits per heavy atom. The molecule has 2 aromatic carbocycles. The van der Waals surface area contributed by atoms with E-state index in [4.69, 9.17) is 0 Å². The van der Waals surface area contributed by atoms with E-state index in [9.17, 15) is 13.2 Å². The molecule has 1 nitrogen and oxygen atoms in total. The van der Waals surface area contributed by atoms with Gasteiger partial charge in [-0.25, -0.2) is 4.39 Å². The molecule has 0 aromatic heterocycles. The zero-order valence-electron chi connectivity index (χ0n) is 17.9. The van der Waals surface area contributed by atoms with Crippen molar-refractivity contribution in [2.75, 3.05) is 0 Å². The van der Waals surface area contributed by atoms with Gasteiger partial charge in [-0.2, -0.15) is 8.78 Å². The molecule has 4 rings (SSSR count). The van der Waals surface area contributed by atoms with Gasteiger partial charge < -0.3 is 4.74 Å². The number of rotatable bonds is 7. The Morgan fingerprint density at radius 1 is 0.967 bits per heavy atom. The third-order valence-electron chi connectivity index (χ3n) is 7.57. The molecule has 2 aliphatic rings. The van der Waals surface area contributed by atoms with Gasteiger partial charge in [0.15, 0.2) is 11.6 Å². The summed E-state index contributed by atoms with van der Waals surface area (Å²) >= 11 is 0. The molecule has 0 spiro atoms. The van der Waals surface area contributed by atoms with Crippen molar-refractivity contribution in [3.8, 4) is 5.75 Å². The average Bonchev–Trinajstić information content (AvgIpc) is 2.75. The van der Waals surface area contributed by atoms with Gasteiger partial charge in [0, 0.05) is 5.39 Å². The van der Waals surface area contributed by atoms with E-state index in [0.717, 1.165) is 23.1 Å². The van der Waals surface area contributed by atoms with Gasteiger partial charge in [0.05, 0.1) is 0 Å². The molecule has 4 atom stereocenters. The third-order valence-corrected chi connectivity index (χ3v) is 7.57. The fourth-order valence-electron chi connectivity index (χ4n) is 5.97. The van der Waals surface area contributed by atoms with Crippen molar-refractivity contribution in [2.24, 2.45) is 17.8 Å². The molecule has 0 heterocycles. The normalized spacial score (nSPS) is 26.7. The first kappa shape index (κ1) is 21.5. The van der Waals surface area contributed by atoms with E-state index in [0.29, 0.717) is 11.3 Å². The molecule has 2 fully saturated rings. The lowest BCUT2D eigenvalue weighted by Crippen LogP contribution is -2.30. The summed E-state index contributed by atoms with van der Waals surface area (Å²) in [6.45, 7) is -0.747. The van der Waals surface area contributed by atoms with Crippen molar-refractivity contribution in [3.05, 3.63) is 41.7 Å². The number of ether oxygens (including phenoxy) is 1. The molecular formula is C26H33F3O. The average molecular weight is 419 g/mol. The highest BCUT2D eigenvalue weighted by Gasteiger charge is 2.35. The van der Waals surface area contributed by atoms with Crippen molar-refractivity contribution >= 4 is 10.8 Å². The van der Waals surface area contributed by atoms with Crippen molar-refractivity contribution in [1.29, 1.82) is 0 Å². The van der Waals surface area contributed by atoms with Crippen molar-refractivity contribution in [3.63, 3.8) is 0 Å². The van der Waals surface area contributed by atoms with Gasteiger partial charge in [-0.1, -0.05) is 63.3 Å². The van der Waals surface area contributed by atoms with E-state index < -0.39 is 12.4 Å². The molecule has 0 bridgehead atoms. The fourth-order valence-corrected chi connectivity index (χ4v) is 5.97. The molecule has 2 saturated carbocycles. The number of unbranched alkanes of at least 4 members (excludes halogenated alkanes) is 2. The van der Waals surface area contributed by atoms with Crippen LogP contribution in [0.2, 0.25) is 0 Å². The van der Waals surface area contributed by atoms with Gasteiger partial charge in [-0.15, -0.1) is 0 Å². The van der Waals surface area contributed by atoms with Crippen LogP contribution < -0.4 is 4.74 Å². The monoisotopic (exact) mass is 418 g/mol. The van der Waals surface area contributed by atoms with Gasteiger partial charge >= 0.3 is 6.61 Å². The molecule has 164 valence electrons. The minimum absolute atomic E-state index is 0.346. The first-order valence-corrected chi connectivity index (χ1v) is 11.7. The topological polar surface area (TPSA) is 9.23 Å². The maximum absolute atomic E-state index is 14.5. The van der Waals surface area contributed by atoms with Gasteiger partial charge in [-0.05, 0) is 72.8 Å². The molecule has 0 amide bonds. The summed E-state index contributed by atoms with van der Waals surface area (Å²) in [7, 11) is 0. The summed E-state index contributed by atoms with van der Waals surface area (Å²) in [5.41, 5.74) is 1.26. The molecule has 0 N–H and O–H groups in total.